The van der Waals surface area contributed by atoms with Gasteiger partial charge in [-0.1, -0.05) is 18.5 Å². The molecule has 0 amide bonds. The molecule has 3 nitrogen and oxygen atoms in total. The molecule has 1 atom stereocenters. The van der Waals surface area contributed by atoms with Crippen LogP contribution in [0.15, 0.2) is 30.6 Å². The van der Waals surface area contributed by atoms with Crippen molar-refractivity contribution in [2.45, 2.75) is 32.3 Å². The zero-order valence-corrected chi connectivity index (χ0v) is 12.7. The lowest BCUT2D eigenvalue weighted by Gasteiger charge is -2.16. The summed E-state index contributed by atoms with van der Waals surface area (Å²) < 4.78 is 5.70. The van der Waals surface area contributed by atoms with Gasteiger partial charge in [0.05, 0.1) is 12.7 Å². The van der Waals surface area contributed by atoms with E-state index in [0.717, 1.165) is 40.8 Å². The number of hydrogen-bond donors (Lipinski definition) is 1. The van der Waals surface area contributed by atoms with E-state index in [4.69, 9.17) is 16.3 Å². The average molecular weight is 304 g/mol. The van der Waals surface area contributed by atoms with Crippen LogP contribution in [0.4, 0.5) is 0 Å². The smallest absolute Gasteiger partial charge is 0.126 e. The van der Waals surface area contributed by atoms with E-state index in [1.807, 2.05) is 24.4 Å². The van der Waals surface area contributed by atoms with Gasteiger partial charge in [0.2, 0.25) is 0 Å². The van der Waals surface area contributed by atoms with Crippen LogP contribution in [0.3, 0.4) is 0 Å². The summed E-state index contributed by atoms with van der Waals surface area (Å²) in [6.45, 7) is 2.75. The highest BCUT2D eigenvalue weighted by Gasteiger charge is 2.21. The predicted molar refractivity (Wildman–Crippen MR) is 82.9 cm³/mol. The molecule has 0 fully saturated rings. The van der Waals surface area contributed by atoms with Crippen molar-refractivity contribution in [2.75, 3.05) is 6.61 Å². The molecule has 0 aliphatic carbocycles. The SMILES string of the molecule is CCc1cnccc1C(O)Cc1cc(Cl)cc2c1OCC2. The molecule has 110 valence electrons. The van der Waals surface area contributed by atoms with Crippen molar-refractivity contribution in [2.24, 2.45) is 0 Å². The van der Waals surface area contributed by atoms with Crippen LogP contribution in [0.1, 0.15) is 35.3 Å². The third kappa shape index (κ3) is 2.89. The summed E-state index contributed by atoms with van der Waals surface area (Å²) in [6.07, 6.45) is 5.20. The molecule has 0 saturated carbocycles. The molecule has 0 bridgehead atoms. The Kier molecular flexibility index (Phi) is 4.13. The van der Waals surface area contributed by atoms with Gasteiger partial charge in [0.25, 0.3) is 0 Å². The maximum atomic E-state index is 10.6. The number of halogens is 1. The molecule has 0 spiro atoms. The highest BCUT2D eigenvalue weighted by Crippen LogP contribution is 2.35. The molecule has 21 heavy (non-hydrogen) atoms. The van der Waals surface area contributed by atoms with Crippen LogP contribution in [-0.4, -0.2) is 16.7 Å². The molecule has 2 aromatic rings. The van der Waals surface area contributed by atoms with Gasteiger partial charge in [0, 0.05) is 30.3 Å². The van der Waals surface area contributed by atoms with Gasteiger partial charge in [0.1, 0.15) is 5.75 Å². The Morgan fingerprint density at radius 3 is 3.05 bits per heavy atom. The van der Waals surface area contributed by atoms with Crippen molar-refractivity contribution < 1.29 is 9.84 Å². The van der Waals surface area contributed by atoms with Crippen LogP contribution in [0.25, 0.3) is 0 Å². The van der Waals surface area contributed by atoms with Crippen LogP contribution >= 0.6 is 11.6 Å². The van der Waals surface area contributed by atoms with Crippen molar-refractivity contribution in [1.29, 1.82) is 0 Å². The number of aliphatic hydroxyl groups excluding tert-OH is 1. The molecule has 1 unspecified atom stereocenters. The van der Waals surface area contributed by atoms with Gasteiger partial charge in [0.15, 0.2) is 0 Å². The Hall–Kier alpha value is -1.58. The average Bonchev–Trinajstić information content (AvgIpc) is 2.95. The number of aryl methyl sites for hydroxylation is 1. The zero-order chi connectivity index (χ0) is 14.8. The lowest BCUT2D eigenvalue weighted by atomic mass is 9.96. The number of ether oxygens (including phenoxy) is 1. The number of aliphatic hydroxyl groups is 1. The molecule has 4 heteroatoms. The Balaban J connectivity index is 1.90. The molecular weight excluding hydrogens is 286 g/mol. The minimum atomic E-state index is -0.574. The molecule has 1 aliphatic rings. The first-order valence-corrected chi connectivity index (χ1v) is 7.61. The molecule has 1 aliphatic heterocycles. The molecule has 2 heterocycles. The monoisotopic (exact) mass is 303 g/mol. The number of aromatic nitrogens is 1. The van der Waals surface area contributed by atoms with Crippen molar-refractivity contribution in [3.05, 3.63) is 57.9 Å². The number of rotatable bonds is 4. The molecule has 0 radical (unpaired) electrons. The number of hydrogen-bond acceptors (Lipinski definition) is 3. The molecular formula is C17H18ClNO2. The van der Waals surface area contributed by atoms with E-state index in [-0.39, 0.29) is 0 Å². The summed E-state index contributed by atoms with van der Waals surface area (Å²) in [5.74, 6) is 0.894. The molecule has 1 N–H and O–H groups in total. The molecule has 1 aromatic heterocycles. The van der Waals surface area contributed by atoms with Crippen LogP contribution in [0, 0.1) is 0 Å². The lowest BCUT2D eigenvalue weighted by molar-refractivity contribution is 0.176. The minimum Gasteiger partial charge on any atom is -0.493 e. The molecule has 0 saturated heterocycles. The van der Waals surface area contributed by atoms with Crippen LogP contribution in [-0.2, 0) is 19.3 Å². The number of fused-ring (bicyclic) bond motifs is 1. The van der Waals surface area contributed by atoms with E-state index in [1.54, 1.807) is 6.20 Å². The topological polar surface area (TPSA) is 42.4 Å². The van der Waals surface area contributed by atoms with Gasteiger partial charge >= 0.3 is 0 Å². The van der Waals surface area contributed by atoms with E-state index in [1.165, 1.54) is 0 Å². The van der Waals surface area contributed by atoms with Gasteiger partial charge < -0.3 is 9.84 Å². The van der Waals surface area contributed by atoms with Gasteiger partial charge in [-0.15, -0.1) is 0 Å². The molecule has 1 aromatic carbocycles. The largest absolute Gasteiger partial charge is 0.493 e. The third-order valence-corrected chi connectivity index (χ3v) is 4.14. The molecule has 3 rings (SSSR count). The van der Waals surface area contributed by atoms with Gasteiger partial charge in [-0.05, 0) is 46.9 Å². The summed E-state index contributed by atoms with van der Waals surface area (Å²) in [5.41, 5.74) is 4.11. The summed E-state index contributed by atoms with van der Waals surface area (Å²) in [5, 5.41) is 11.3. The number of nitrogens with zero attached hydrogens (tertiary/aromatic N) is 1. The maximum Gasteiger partial charge on any atom is 0.126 e. The second-order valence-corrected chi connectivity index (χ2v) is 5.74. The predicted octanol–water partition coefficient (Wildman–Crippen LogP) is 3.51. The zero-order valence-electron chi connectivity index (χ0n) is 12.0. The van der Waals surface area contributed by atoms with E-state index in [2.05, 4.69) is 11.9 Å². The van der Waals surface area contributed by atoms with Gasteiger partial charge in [-0.2, -0.15) is 0 Å². The fourth-order valence-corrected chi connectivity index (χ4v) is 3.14. The van der Waals surface area contributed by atoms with Crippen molar-refractivity contribution in [3.63, 3.8) is 0 Å². The lowest BCUT2D eigenvalue weighted by Crippen LogP contribution is -2.06. The van der Waals surface area contributed by atoms with Crippen LogP contribution in [0.2, 0.25) is 5.02 Å². The first-order valence-electron chi connectivity index (χ1n) is 7.24. The van der Waals surface area contributed by atoms with Crippen molar-refractivity contribution in [3.8, 4) is 5.75 Å². The normalized spacial score (nSPS) is 14.6. The number of benzene rings is 1. The van der Waals surface area contributed by atoms with Crippen LogP contribution in [0.5, 0.6) is 5.75 Å². The standard InChI is InChI=1S/C17H18ClNO2/c1-2-11-10-19-5-3-15(11)16(20)9-13-8-14(18)7-12-4-6-21-17(12)13/h3,5,7-8,10,16,20H,2,4,6,9H2,1H3. The number of pyridine rings is 1. The van der Waals surface area contributed by atoms with Crippen molar-refractivity contribution >= 4 is 11.6 Å². The van der Waals surface area contributed by atoms with Crippen LogP contribution < -0.4 is 4.74 Å². The fraction of sp³-hybridized carbons (Fsp3) is 0.353. The van der Waals surface area contributed by atoms with E-state index < -0.39 is 6.10 Å². The highest BCUT2D eigenvalue weighted by atomic mass is 35.5. The summed E-state index contributed by atoms with van der Waals surface area (Å²) in [6, 6.07) is 5.72. The Bertz CT molecular complexity index is 657. The maximum absolute atomic E-state index is 10.6. The summed E-state index contributed by atoms with van der Waals surface area (Å²) in [4.78, 5) is 4.12. The quantitative estimate of drug-likeness (QED) is 0.940. The van der Waals surface area contributed by atoms with Gasteiger partial charge in [-0.3, -0.25) is 4.98 Å². The highest BCUT2D eigenvalue weighted by molar-refractivity contribution is 6.30. The van der Waals surface area contributed by atoms with E-state index in [9.17, 15) is 5.11 Å². The first-order chi connectivity index (χ1) is 10.2. The Labute approximate surface area is 129 Å². The minimum absolute atomic E-state index is 0.500. The summed E-state index contributed by atoms with van der Waals surface area (Å²) in [7, 11) is 0. The second kappa shape index (κ2) is 6.04. The fourth-order valence-electron chi connectivity index (χ4n) is 2.87. The second-order valence-electron chi connectivity index (χ2n) is 5.30. The Morgan fingerprint density at radius 1 is 1.38 bits per heavy atom. The van der Waals surface area contributed by atoms with Gasteiger partial charge in [-0.25, -0.2) is 0 Å². The Morgan fingerprint density at radius 2 is 2.24 bits per heavy atom. The first kappa shape index (κ1) is 14.4. The van der Waals surface area contributed by atoms with E-state index in [0.29, 0.717) is 18.1 Å². The summed E-state index contributed by atoms with van der Waals surface area (Å²) >= 11 is 6.17. The van der Waals surface area contributed by atoms with Crippen molar-refractivity contribution in [1.82, 2.24) is 4.98 Å². The third-order valence-electron chi connectivity index (χ3n) is 3.92. The van der Waals surface area contributed by atoms with E-state index >= 15 is 0 Å².